The molecule has 2 saturated heterocycles. The fourth-order valence-electron chi connectivity index (χ4n) is 2.35. The van der Waals surface area contributed by atoms with E-state index in [4.69, 9.17) is 0 Å². The van der Waals surface area contributed by atoms with Crippen molar-refractivity contribution in [2.24, 2.45) is 0 Å². The molecule has 0 radical (unpaired) electrons. The van der Waals surface area contributed by atoms with E-state index in [-0.39, 0.29) is 49.4 Å². The summed E-state index contributed by atoms with van der Waals surface area (Å²) >= 11 is 0. The van der Waals surface area contributed by atoms with E-state index < -0.39 is 6.04 Å². The molecule has 19 heavy (non-hydrogen) atoms. The number of nitrogens with one attached hydrogen (secondary N) is 1. The lowest BCUT2D eigenvalue weighted by molar-refractivity contribution is -0.144. The molecule has 1 unspecified atom stereocenters. The van der Waals surface area contributed by atoms with Gasteiger partial charge in [0.25, 0.3) is 0 Å². The Kier molecular flexibility index (Phi) is 3.82. The summed E-state index contributed by atoms with van der Waals surface area (Å²) in [6, 6.07) is -0.494. The minimum atomic E-state index is -0.494. The number of rotatable bonds is 3. The van der Waals surface area contributed by atoms with Crippen LogP contribution in [0.3, 0.4) is 0 Å². The Bertz CT molecular complexity index is 419. The zero-order chi connectivity index (χ0) is 14.0. The first-order valence-electron chi connectivity index (χ1n) is 6.41. The highest BCUT2D eigenvalue weighted by Gasteiger charge is 2.32. The van der Waals surface area contributed by atoms with E-state index in [1.54, 1.807) is 6.92 Å². The van der Waals surface area contributed by atoms with Gasteiger partial charge in [0, 0.05) is 38.9 Å². The van der Waals surface area contributed by atoms with Crippen LogP contribution in [0.4, 0.5) is 0 Å². The van der Waals surface area contributed by atoms with Gasteiger partial charge in [-0.05, 0) is 6.92 Å². The van der Waals surface area contributed by atoms with Crippen molar-refractivity contribution in [1.82, 2.24) is 15.1 Å². The molecular weight excluding hydrogens is 250 g/mol. The average Bonchev–Trinajstić information content (AvgIpc) is 2.70. The molecule has 2 fully saturated rings. The molecule has 104 valence electrons. The van der Waals surface area contributed by atoms with Gasteiger partial charge in [-0.2, -0.15) is 0 Å². The number of hydrogen-bond donors (Lipinski definition) is 1. The maximum absolute atomic E-state index is 12.0. The Morgan fingerprint density at radius 2 is 1.89 bits per heavy atom. The van der Waals surface area contributed by atoms with Gasteiger partial charge in [-0.15, -0.1) is 0 Å². The third-order valence-electron chi connectivity index (χ3n) is 3.52. The average molecular weight is 267 g/mol. The van der Waals surface area contributed by atoms with Crippen molar-refractivity contribution in [2.75, 3.05) is 19.6 Å². The summed E-state index contributed by atoms with van der Waals surface area (Å²) in [7, 11) is 0. The van der Waals surface area contributed by atoms with Crippen LogP contribution in [0.15, 0.2) is 0 Å². The van der Waals surface area contributed by atoms with Gasteiger partial charge >= 0.3 is 0 Å². The quantitative estimate of drug-likeness (QED) is 0.656. The van der Waals surface area contributed by atoms with Gasteiger partial charge in [0.05, 0.1) is 0 Å². The van der Waals surface area contributed by atoms with Gasteiger partial charge in [0.1, 0.15) is 6.04 Å². The Labute approximate surface area is 110 Å². The minimum absolute atomic E-state index is 0.0785. The van der Waals surface area contributed by atoms with Gasteiger partial charge in [0.2, 0.25) is 23.6 Å². The summed E-state index contributed by atoms with van der Waals surface area (Å²) < 4.78 is 0. The molecule has 2 aliphatic heterocycles. The van der Waals surface area contributed by atoms with E-state index in [1.807, 2.05) is 0 Å². The second-order valence-electron chi connectivity index (χ2n) is 4.74. The molecule has 2 heterocycles. The summed E-state index contributed by atoms with van der Waals surface area (Å²) in [5.74, 6) is -0.813. The first-order chi connectivity index (χ1) is 9.00. The third-order valence-corrected chi connectivity index (χ3v) is 3.52. The molecule has 7 heteroatoms. The summed E-state index contributed by atoms with van der Waals surface area (Å²) in [6.45, 7) is 2.68. The van der Waals surface area contributed by atoms with Crippen LogP contribution in [0.25, 0.3) is 0 Å². The number of hydrogen-bond acceptors (Lipinski definition) is 4. The Morgan fingerprint density at radius 1 is 1.26 bits per heavy atom. The standard InChI is InChI=1S/C12H17N3O4/c1-8-12(19)13-5-7-14(8)11(18)4-6-15-9(16)2-3-10(15)17/h8H,2-7H2,1H3,(H,13,19). The molecular formula is C12H17N3O4. The maximum Gasteiger partial charge on any atom is 0.242 e. The van der Waals surface area contributed by atoms with E-state index in [0.29, 0.717) is 13.1 Å². The van der Waals surface area contributed by atoms with Crippen LogP contribution in [0.5, 0.6) is 0 Å². The van der Waals surface area contributed by atoms with Crippen molar-refractivity contribution in [3.8, 4) is 0 Å². The van der Waals surface area contributed by atoms with Crippen molar-refractivity contribution < 1.29 is 19.2 Å². The van der Waals surface area contributed by atoms with Gasteiger partial charge in [-0.25, -0.2) is 0 Å². The number of amides is 4. The largest absolute Gasteiger partial charge is 0.353 e. The molecule has 0 saturated carbocycles. The van der Waals surface area contributed by atoms with Gasteiger partial charge < -0.3 is 10.2 Å². The zero-order valence-electron chi connectivity index (χ0n) is 10.8. The van der Waals surface area contributed by atoms with Crippen LogP contribution < -0.4 is 5.32 Å². The lowest BCUT2D eigenvalue weighted by atomic mass is 10.2. The van der Waals surface area contributed by atoms with Gasteiger partial charge in [-0.1, -0.05) is 0 Å². The maximum atomic E-state index is 12.0. The highest BCUT2D eigenvalue weighted by Crippen LogP contribution is 2.13. The molecule has 0 aliphatic carbocycles. The predicted molar refractivity (Wildman–Crippen MR) is 64.8 cm³/mol. The van der Waals surface area contributed by atoms with Crippen molar-refractivity contribution in [3.63, 3.8) is 0 Å². The predicted octanol–water partition coefficient (Wildman–Crippen LogP) is -1.13. The first-order valence-corrected chi connectivity index (χ1v) is 6.41. The lowest BCUT2D eigenvalue weighted by Crippen LogP contribution is -2.56. The van der Waals surface area contributed by atoms with Crippen molar-refractivity contribution in [2.45, 2.75) is 32.2 Å². The van der Waals surface area contributed by atoms with Crippen molar-refractivity contribution in [3.05, 3.63) is 0 Å². The highest BCUT2D eigenvalue weighted by atomic mass is 16.2. The summed E-state index contributed by atoms with van der Waals surface area (Å²) in [4.78, 5) is 48.9. The molecule has 0 spiro atoms. The zero-order valence-corrected chi connectivity index (χ0v) is 10.8. The van der Waals surface area contributed by atoms with Crippen LogP contribution in [0.1, 0.15) is 26.2 Å². The van der Waals surface area contributed by atoms with Gasteiger partial charge in [-0.3, -0.25) is 24.1 Å². The smallest absolute Gasteiger partial charge is 0.242 e. The number of nitrogens with zero attached hydrogens (tertiary/aromatic N) is 2. The molecule has 2 rings (SSSR count). The number of piperazine rings is 1. The molecule has 4 amide bonds. The molecule has 1 N–H and O–H groups in total. The molecule has 1 atom stereocenters. The van der Waals surface area contributed by atoms with E-state index in [2.05, 4.69) is 5.32 Å². The van der Waals surface area contributed by atoms with E-state index in [9.17, 15) is 19.2 Å². The van der Waals surface area contributed by atoms with E-state index in [0.717, 1.165) is 4.90 Å². The Hall–Kier alpha value is -1.92. The second-order valence-corrected chi connectivity index (χ2v) is 4.74. The van der Waals surface area contributed by atoms with E-state index >= 15 is 0 Å². The van der Waals surface area contributed by atoms with E-state index in [1.165, 1.54) is 4.90 Å². The van der Waals surface area contributed by atoms with Crippen LogP contribution >= 0.6 is 0 Å². The van der Waals surface area contributed by atoms with Crippen molar-refractivity contribution in [1.29, 1.82) is 0 Å². The fourth-order valence-corrected chi connectivity index (χ4v) is 2.35. The van der Waals surface area contributed by atoms with Crippen LogP contribution in [0, 0.1) is 0 Å². The lowest BCUT2D eigenvalue weighted by Gasteiger charge is -2.33. The topological polar surface area (TPSA) is 86.8 Å². The Morgan fingerprint density at radius 3 is 2.53 bits per heavy atom. The highest BCUT2D eigenvalue weighted by molar-refractivity contribution is 6.02. The second kappa shape index (κ2) is 5.38. The molecule has 0 bridgehead atoms. The normalized spacial score (nSPS) is 23.8. The number of imide groups is 1. The van der Waals surface area contributed by atoms with Crippen LogP contribution in [-0.4, -0.2) is 59.1 Å². The first kappa shape index (κ1) is 13.5. The number of likely N-dealkylation sites (tertiary alicyclic amines) is 1. The Balaban J connectivity index is 1.89. The van der Waals surface area contributed by atoms with Gasteiger partial charge in [0.15, 0.2) is 0 Å². The summed E-state index contributed by atoms with van der Waals surface area (Å²) in [5.41, 5.74) is 0. The fraction of sp³-hybridized carbons (Fsp3) is 0.667. The third kappa shape index (κ3) is 2.74. The molecule has 0 aromatic heterocycles. The summed E-state index contributed by atoms with van der Waals surface area (Å²) in [5, 5.41) is 2.68. The number of carbonyl (C=O) groups excluding carboxylic acids is 4. The SMILES string of the molecule is CC1C(=O)NCCN1C(=O)CCN1C(=O)CCC1=O. The molecule has 0 aromatic carbocycles. The monoisotopic (exact) mass is 267 g/mol. The van der Waals surface area contributed by atoms with Crippen LogP contribution in [0.2, 0.25) is 0 Å². The minimum Gasteiger partial charge on any atom is -0.353 e. The van der Waals surface area contributed by atoms with Crippen molar-refractivity contribution >= 4 is 23.6 Å². The molecule has 0 aromatic rings. The van der Waals surface area contributed by atoms with Crippen LogP contribution in [-0.2, 0) is 19.2 Å². The summed E-state index contributed by atoms with van der Waals surface area (Å²) in [6.07, 6.45) is 0.542. The molecule has 7 nitrogen and oxygen atoms in total. The molecule has 2 aliphatic rings. The number of carbonyl (C=O) groups is 4.